The Morgan fingerprint density at radius 3 is 2.04 bits per heavy atom. The lowest BCUT2D eigenvalue weighted by atomic mass is 9.65. The SMILES string of the molecule is C=CCON1C(=O)[C@H]2[C@H]3O[C@@H]([C@@H]2C1=O)[C@@H]1[C@@H]3[C@@]2(Cl)C[C@@]1(Cl)C(Cl)=C2Cl. The Morgan fingerprint density at radius 1 is 1.12 bits per heavy atom. The van der Waals surface area contributed by atoms with Gasteiger partial charge in [-0.3, -0.25) is 14.4 Å². The maximum Gasteiger partial charge on any atom is 0.260 e. The Morgan fingerprint density at radius 2 is 1.60 bits per heavy atom. The summed E-state index contributed by atoms with van der Waals surface area (Å²) in [6.45, 7) is 3.59. The highest BCUT2D eigenvalue weighted by molar-refractivity contribution is 6.51. The van der Waals surface area contributed by atoms with Crippen molar-refractivity contribution in [2.75, 3.05) is 6.61 Å². The van der Waals surface area contributed by atoms with Gasteiger partial charge in [0.15, 0.2) is 0 Å². The molecule has 0 aromatic heterocycles. The van der Waals surface area contributed by atoms with E-state index in [2.05, 4.69) is 6.58 Å². The Labute approximate surface area is 163 Å². The Kier molecular flexibility index (Phi) is 3.33. The number of carbonyl (C=O) groups excluding carboxylic acids is 2. The number of hydroxylamine groups is 2. The van der Waals surface area contributed by atoms with Gasteiger partial charge >= 0.3 is 0 Å². The van der Waals surface area contributed by atoms with Crippen molar-refractivity contribution in [3.8, 4) is 0 Å². The fraction of sp³-hybridized carbons (Fsp3) is 0.625. The molecule has 3 aliphatic heterocycles. The number of carbonyl (C=O) groups is 2. The van der Waals surface area contributed by atoms with Crippen molar-refractivity contribution >= 4 is 58.2 Å². The van der Waals surface area contributed by atoms with E-state index in [1.807, 2.05) is 0 Å². The lowest BCUT2D eigenvalue weighted by Gasteiger charge is -2.40. The molecule has 5 rings (SSSR count). The number of allylic oxidation sites excluding steroid dienone is 2. The lowest BCUT2D eigenvalue weighted by molar-refractivity contribution is -0.189. The van der Waals surface area contributed by atoms with Crippen molar-refractivity contribution in [2.45, 2.75) is 28.4 Å². The van der Waals surface area contributed by atoms with Gasteiger partial charge < -0.3 is 4.74 Å². The lowest BCUT2D eigenvalue weighted by Crippen LogP contribution is -2.50. The number of alkyl halides is 2. The average Bonchev–Trinajstić information content (AvgIpc) is 3.29. The summed E-state index contributed by atoms with van der Waals surface area (Å²) < 4.78 is 6.05. The molecule has 0 spiro atoms. The van der Waals surface area contributed by atoms with Crippen molar-refractivity contribution in [1.82, 2.24) is 5.06 Å². The number of ether oxygens (including phenoxy) is 1. The van der Waals surface area contributed by atoms with E-state index in [-0.39, 0.29) is 18.4 Å². The molecule has 0 N–H and O–H groups in total. The summed E-state index contributed by atoms with van der Waals surface area (Å²) in [6.07, 6.45) is 0.806. The van der Waals surface area contributed by atoms with Crippen LogP contribution in [0.4, 0.5) is 0 Å². The highest BCUT2D eigenvalue weighted by Crippen LogP contribution is 2.75. The summed E-state index contributed by atoms with van der Waals surface area (Å²) >= 11 is 26.4. The van der Waals surface area contributed by atoms with Crippen LogP contribution in [0.15, 0.2) is 22.7 Å². The van der Waals surface area contributed by atoms with Crippen LogP contribution >= 0.6 is 46.4 Å². The summed E-state index contributed by atoms with van der Waals surface area (Å²) in [7, 11) is 0. The molecule has 0 radical (unpaired) electrons. The Bertz CT molecular complexity index is 717. The maximum absolute atomic E-state index is 12.7. The zero-order valence-corrected chi connectivity index (χ0v) is 15.8. The molecule has 25 heavy (non-hydrogen) atoms. The third kappa shape index (κ3) is 1.67. The second kappa shape index (κ2) is 4.94. The van der Waals surface area contributed by atoms with Crippen molar-refractivity contribution < 1.29 is 19.2 Å². The number of hydrogen-bond donors (Lipinski definition) is 0. The van der Waals surface area contributed by atoms with Crippen LogP contribution in [-0.2, 0) is 19.2 Å². The van der Waals surface area contributed by atoms with Crippen LogP contribution < -0.4 is 0 Å². The third-order valence-corrected chi connectivity index (χ3v) is 8.78. The molecule has 0 aromatic rings. The van der Waals surface area contributed by atoms with Crippen LogP contribution in [0.25, 0.3) is 0 Å². The Balaban J connectivity index is 1.57. The standard InChI is InChI=1S/C16H13Cl4NO4/c1-2-3-24-21-13(22)5-6(14(21)23)10-8-7(9(5)25-10)15(19)4-16(8,20)12(18)11(15)17/h2,5-10H,1,3-4H2/t5-,6-,7+,8+,9-,10+,15+,16+/m1/s1. The van der Waals surface area contributed by atoms with E-state index in [0.717, 1.165) is 5.06 Å². The molecule has 4 fully saturated rings. The molecule has 2 aliphatic carbocycles. The minimum Gasteiger partial charge on any atom is -0.373 e. The predicted octanol–water partition coefficient (Wildman–Crippen LogP) is 2.78. The van der Waals surface area contributed by atoms with E-state index in [1.54, 1.807) is 0 Å². The minimum absolute atomic E-state index is 0.0675. The number of nitrogens with zero attached hydrogens (tertiary/aromatic N) is 1. The van der Waals surface area contributed by atoms with Gasteiger partial charge in [0.05, 0.1) is 50.5 Å². The topological polar surface area (TPSA) is 55.8 Å². The van der Waals surface area contributed by atoms with Crippen molar-refractivity contribution in [1.29, 1.82) is 0 Å². The van der Waals surface area contributed by atoms with Crippen LogP contribution in [-0.4, -0.2) is 45.4 Å². The molecule has 4 bridgehead atoms. The molecule has 3 heterocycles. The first-order chi connectivity index (χ1) is 11.8. The number of hydrogen-bond acceptors (Lipinski definition) is 4. The molecular formula is C16H13Cl4NO4. The van der Waals surface area contributed by atoms with Gasteiger partial charge in [-0.15, -0.1) is 29.8 Å². The van der Waals surface area contributed by atoms with Gasteiger partial charge in [-0.25, -0.2) is 0 Å². The second-order valence-electron chi connectivity index (χ2n) is 7.25. The average molecular weight is 425 g/mol. The van der Waals surface area contributed by atoms with E-state index in [9.17, 15) is 9.59 Å². The third-order valence-electron chi connectivity index (χ3n) is 6.29. The zero-order chi connectivity index (χ0) is 17.9. The highest BCUT2D eigenvalue weighted by atomic mass is 35.5. The molecular weight excluding hydrogens is 412 g/mol. The van der Waals surface area contributed by atoms with Gasteiger partial charge in [0, 0.05) is 11.8 Å². The van der Waals surface area contributed by atoms with Gasteiger partial charge in [-0.2, -0.15) is 5.06 Å². The monoisotopic (exact) mass is 423 g/mol. The van der Waals surface area contributed by atoms with Crippen LogP contribution in [0, 0.1) is 23.7 Å². The first-order valence-corrected chi connectivity index (χ1v) is 9.49. The van der Waals surface area contributed by atoms with Gasteiger partial charge in [-0.05, 0) is 6.42 Å². The summed E-state index contributed by atoms with van der Waals surface area (Å²) in [5.74, 6) is -2.57. The van der Waals surface area contributed by atoms with Crippen LogP contribution in [0.5, 0.6) is 0 Å². The first-order valence-electron chi connectivity index (χ1n) is 7.98. The molecule has 0 aromatic carbocycles. The van der Waals surface area contributed by atoms with E-state index in [1.165, 1.54) is 6.08 Å². The second-order valence-corrected chi connectivity index (χ2v) is 9.36. The normalized spacial score (nSPS) is 52.4. The molecule has 5 nitrogen and oxygen atoms in total. The quantitative estimate of drug-likeness (QED) is 0.397. The summed E-state index contributed by atoms with van der Waals surface area (Å²) in [6, 6.07) is 0. The molecule has 9 heteroatoms. The molecule has 3 saturated heterocycles. The molecule has 1 saturated carbocycles. The van der Waals surface area contributed by atoms with E-state index in [0.29, 0.717) is 16.5 Å². The van der Waals surface area contributed by atoms with Gasteiger partial charge in [0.2, 0.25) is 0 Å². The minimum atomic E-state index is -0.950. The number of fused-ring (bicyclic) bond motifs is 12. The number of rotatable bonds is 3. The van der Waals surface area contributed by atoms with Gasteiger partial charge in [0.1, 0.15) is 0 Å². The van der Waals surface area contributed by atoms with Crippen LogP contribution in [0.2, 0.25) is 0 Å². The van der Waals surface area contributed by atoms with Crippen LogP contribution in [0.1, 0.15) is 6.42 Å². The molecule has 134 valence electrons. The largest absolute Gasteiger partial charge is 0.373 e. The molecule has 2 amide bonds. The maximum atomic E-state index is 12.7. The van der Waals surface area contributed by atoms with Crippen molar-refractivity contribution in [3.63, 3.8) is 0 Å². The smallest absolute Gasteiger partial charge is 0.260 e. The first kappa shape index (κ1) is 16.8. The summed E-state index contributed by atoms with van der Waals surface area (Å²) in [5, 5.41) is 1.49. The van der Waals surface area contributed by atoms with E-state index in [4.69, 9.17) is 56.0 Å². The van der Waals surface area contributed by atoms with Gasteiger partial charge in [0.25, 0.3) is 11.8 Å². The Hall–Kier alpha value is -0.300. The number of imide groups is 1. The molecule has 5 aliphatic rings. The van der Waals surface area contributed by atoms with Gasteiger partial charge in [-0.1, -0.05) is 29.3 Å². The van der Waals surface area contributed by atoms with E-state index >= 15 is 0 Å². The highest BCUT2D eigenvalue weighted by Gasteiger charge is 2.82. The van der Waals surface area contributed by atoms with Crippen LogP contribution in [0.3, 0.4) is 0 Å². The fourth-order valence-corrected chi connectivity index (χ4v) is 7.54. The van der Waals surface area contributed by atoms with Crippen molar-refractivity contribution in [3.05, 3.63) is 22.7 Å². The fourth-order valence-electron chi connectivity index (χ4n) is 5.52. The van der Waals surface area contributed by atoms with E-state index < -0.39 is 45.6 Å². The zero-order valence-electron chi connectivity index (χ0n) is 12.8. The van der Waals surface area contributed by atoms with Crippen molar-refractivity contribution in [2.24, 2.45) is 23.7 Å². The summed E-state index contributed by atoms with van der Waals surface area (Å²) in [5.41, 5.74) is 0. The number of halogens is 4. The predicted molar refractivity (Wildman–Crippen MR) is 91.1 cm³/mol. The number of amides is 2. The molecule has 8 atom stereocenters. The summed E-state index contributed by atoms with van der Waals surface area (Å²) in [4.78, 5) is 28.8. The molecule has 0 unspecified atom stereocenters.